The van der Waals surface area contributed by atoms with Gasteiger partial charge in [0, 0.05) is 5.56 Å². The number of ether oxygens (including phenoxy) is 1. The van der Waals surface area contributed by atoms with Crippen LogP contribution in [0.2, 0.25) is 0 Å². The number of aromatic nitrogens is 3. The Morgan fingerprint density at radius 2 is 1.85 bits per heavy atom. The molecule has 0 aliphatic rings. The van der Waals surface area contributed by atoms with Crippen LogP contribution in [0.4, 0.5) is 0 Å². The first-order chi connectivity index (χ1) is 9.43. The van der Waals surface area contributed by atoms with E-state index in [2.05, 4.69) is 36.2 Å². The highest BCUT2D eigenvalue weighted by molar-refractivity contribution is 5.93. The number of esters is 1. The van der Waals surface area contributed by atoms with E-state index in [0.29, 0.717) is 12.3 Å². The zero-order valence-corrected chi connectivity index (χ0v) is 12.2. The first-order valence-corrected chi connectivity index (χ1v) is 6.62. The largest absolute Gasteiger partial charge is 0.461 e. The number of carbonyl (C=O) groups is 1. The molecule has 0 spiro atoms. The average Bonchev–Trinajstić information content (AvgIpc) is 2.87. The van der Waals surface area contributed by atoms with Crippen molar-refractivity contribution in [3.05, 3.63) is 35.5 Å². The van der Waals surface area contributed by atoms with E-state index in [1.165, 1.54) is 5.56 Å². The molecule has 1 heterocycles. The first kappa shape index (κ1) is 14.2. The third kappa shape index (κ3) is 2.87. The highest BCUT2D eigenvalue weighted by Crippen LogP contribution is 2.26. The van der Waals surface area contributed by atoms with Gasteiger partial charge in [0.25, 0.3) is 0 Å². The molecule has 2 rings (SSSR count). The van der Waals surface area contributed by atoms with Crippen LogP contribution in [0.5, 0.6) is 0 Å². The van der Waals surface area contributed by atoms with E-state index < -0.39 is 5.97 Å². The van der Waals surface area contributed by atoms with Crippen molar-refractivity contribution in [3.63, 3.8) is 0 Å². The number of rotatable bonds is 3. The summed E-state index contributed by atoms with van der Waals surface area (Å²) in [5, 5.41) is 10.4. The summed E-state index contributed by atoms with van der Waals surface area (Å²) >= 11 is 0. The van der Waals surface area contributed by atoms with Gasteiger partial charge in [-0.05, 0) is 17.9 Å². The molecule has 106 valence electrons. The smallest absolute Gasteiger partial charge is 0.361 e. The molecule has 0 bridgehead atoms. The van der Waals surface area contributed by atoms with Gasteiger partial charge in [0.2, 0.25) is 0 Å². The zero-order valence-electron chi connectivity index (χ0n) is 12.2. The number of benzene rings is 1. The molecule has 0 saturated heterocycles. The summed E-state index contributed by atoms with van der Waals surface area (Å²) in [7, 11) is 0. The van der Waals surface area contributed by atoms with Crippen LogP contribution >= 0.6 is 0 Å². The van der Waals surface area contributed by atoms with Crippen LogP contribution in [0.3, 0.4) is 0 Å². The average molecular weight is 273 g/mol. The molecular weight excluding hydrogens is 254 g/mol. The van der Waals surface area contributed by atoms with E-state index in [9.17, 15) is 4.79 Å². The Morgan fingerprint density at radius 3 is 2.40 bits per heavy atom. The molecule has 0 radical (unpaired) electrons. The second-order valence-corrected chi connectivity index (χ2v) is 5.57. The maximum absolute atomic E-state index is 11.8. The SMILES string of the molecule is CCOC(=O)c1n[nH]nc1-c1ccc(C(C)(C)C)cc1. The van der Waals surface area contributed by atoms with Crippen molar-refractivity contribution >= 4 is 5.97 Å². The molecule has 0 atom stereocenters. The van der Waals surface area contributed by atoms with Gasteiger partial charge in [-0.15, -0.1) is 5.10 Å². The molecule has 2 aromatic rings. The molecule has 0 aliphatic carbocycles. The maximum atomic E-state index is 11.8. The summed E-state index contributed by atoms with van der Waals surface area (Å²) in [6.45, 7) is 8.54. The van der Waals surface area contributed by atoms with E-state index in [-0.39, 0.29) is 11.1 Å². The van der Waals surface area contributed by atoms with Crippen LogP contribution in [0, 0.1) is 0 Å². The molecule has 1 aromatic heterocycles. The first-order valence-electron chi connectivity index (χ1n) is 6.62. The van der Waals surface area contributed by atoms with E-state index >= 15 is 0 Å². The van der Waals surface area contributed by atoms with Crippen molar-refractivity contribution in [3.8, 4) is 11.3 Å². The van der Waals surface area contributed by atoms with Crippen LogP contribution in [-0.2, 0) is 10.2 Å². The standard InChI is InChI=1S/C15H19N3O2/c1-5-20-14(19)13-12(16-18-17-13)10-6-8-11(9-7-10)15(2,3)4/h6-9H,5H2,1-4H3,(H,16,17,18). The van der Waals surface area contributed by atoms with Gasteiger partial charge in [-0.2, -0.15) is 10.3 Å². The Balaban J connectivity index is 2.33. The quantitative estimate of drug-likeness (QED) is 0.873. The fourth-order valence-corrected chi connectivity index (χ4v) is 1.90. The highest BCUT2D eigenvalue weighted by atomic mass is 16.5. The minimum absolute atomic E-state index is 0.0896. The van der Waals surface area contributed by atoms with E-state index in [4.69, 9.17) is 4.74 Å². The van der Waals surface area contributed by atoms with Crippen molar-refractivity contribution in [1.29, 1.82) is 0 Å². The summed E-state index contributed by atoms with van der Waals surface area (Å²) in [6.07, 6.45) is 0. The Morgan fingerprint density at radius 1 is 1.20 bits per heavy atom. The van der Waals surface area contributed by atoms with Gasteiger partial charge in [-0.3, -0.25) is 0 Å². The van der Waals surface area contributed by atoms with Crippen LogP contribution in [0.25, 0.3) is 11.3 Å². The Labute approximate surface area is 118 Å². The van der Waals surface area contributed by atoms with Crippen molar-refractivity contribution in [2.75, 3.05) is 6.61 Å². The van der Waals surface area contributed by atoms with E-state index in [1.54, 1.807) is 6.92 Å². The number of H-pyrrole nitrogens is 1. The van der Waals surface area contributed by atoms with Crippen LogP contribution in [0.15, 0.2) is 24.3 Å². The summed E-state index contributed by atoms with van der Waals surface area (Å²) in [5.74, 6) is -0.462. The molecule has 20 heavy (non-hydrogen) atoms. The van der Waals surface area contributed by atoms with Crippen molar-refractivity contribution in [2.45, 2.75) is 33.1 Å². The monoisotopic (exact) mass is 273 g/mol. The van der Waals surface area contributed by atoms with E-state index in [0.717, 1.165) is 5.56 Å². The Kier molecular flexibility index (Phi) is 3.88. The number of hydrogen-bond acceptors (Lipinski definition) is 4. The lowest BCUT2D eigenvalue weighted by atomic mass is 9.86. The van der Waals surface area contributed by atoms with Gasteiger partial charge in [-0.1, -0.05) is 45.0 Å². The minimum atomic E-state index is -0.462. The van der Waals surface area contributed by atoms with Crippen molar-refractivity contribution in [1.82, 2.24) is 15.4 Å². The Bertz CT molecular complexity index is 594. The zero-order chi connectivity index (χ0) is 14.8. The normalized spacial score (nSPS) is 11.4. The predicted octanol–water partition coefficient (Wildman–Crippen LogP) is 2.95. The fourth-order valence-electron chi connectivity index (χ4n) is 1.90. The molecule has 1 N–H and O–H groups in total. The number of nitrogens with one attached hydrogen (secondary N) is 1. The van der Waals surface area contributed by atoms with Gasteiger partial charge in [0.1, 0.15) is 5.69 Å². The summed E-state index contributed by atoms with van der Waals surface area (Å²) < 4.78 is 4.96. The van der Waals surface area contributed by atoms with Gasteiger partial charge >= 0.3 is 5.97 Å². The second-order valence-electron chi connectivity index (χ2n) is 5.57. The molecule has 0 fully saturated rings. The predicted molar refractivity (Wildman–Crippen MR) is 76.5 cm³/mol. The minimum Gasteiger partial charge on any atom is -0.461 e. The highest BCUT2D eigenvalue weighted by Gasteiger charge is 2.20. The summed E-state index contributed by atoms with van der Waals surface area (Å²) in [5.41, 5.74) is 2.89. The third-order valence-corrected chi connectivity index (χ3v) is 3.04. The lowest BCUT2D eigenvalue weighted by molar-refractivity contribution is 0.0520. The number of carbonyl (C=O) groups excluding carboxylic acids is 1. The van der Waals surface area contributed by atoms with E-state index in [1.807, 2.05) is 24.3 Å². The number of aromatic amines is 1. The Hall–Kier alpha value is -2.17. The van der Waals surface area contributed by atoms with Gasteiger partial charge in [-0.25, -0.2) is 4.79 Å². The summed E-state index contributed by atoms with van der Waals surface area (Å²) in [6, 6.07) is 7.97. The molecular formula is C15H19N3O2. The van der Waals surface area contributed by atoms with Gasteiger partial charge < -0.3 is 4.74 Å². The maximum Gasteiger partial charge on any atom is 0.361 e. The topological polar surface area (TPSA) is 67.9 Å². The second kappa shape index (κ2) is 5.45. The van der Waals surface area contributed by atoms with Crippen molar-refractivity contribution in [2.24, 2.45) is 0 Å². The fraction of sp³-hybridized carbons (Fsp3) is 0.400. The van der Waals surface area contributed by atoms with Crippen molar-refractivity contribution < 1.29 is 9.53 Å². The summed E-state index contributed by atoms with van der Waals surface area (Å²) in [4.78, 5) is 11.8. The van der Waals surface area contributed by atoms with Crippen LogP contribution < -0.4 is 0 Å². The molecule has 5 nitrogen and oxygen atoms in total. The molecule has 1 aromatic carbocycles. The van der Waals surface area contributed by atoms with Gasteiger partial charge in [0.05, 0.1) is 6.61 Å². The molecule has 0 amide bonds. The molecule has 0 saturated carbocycles. The lowest BCUT2D eigenvalue weighted by Gasteiger charge is -2.18. The molecule has 0 unspecified atom stereocenters. The third-order valence-electron chi connectivity index (χ3n) is 3.04. The lowest BCUT2D eigenvalue weighted by Crippen LogP contribution is -2.10. The molecule has 5 heteroatoms. The van der Waals surface area contributed by atoms with Gasteiger partial charge in [0.15, 0.2) is 5.69 Å². The molecule has 0 aliphatic heterocycles. The van der Waals surface area contributed by atoms with Crippen LogP contribution in [-0.4, -0.2) is 28.0 Å². The number of nitrogens with zero attached hydrogens (tertiary/aromatic N) is 2. The number of hydrogen-bond donors (Lipinski definition) is 1. The van der Waals surface area contributed by atoms with Crippen LogP contribution in [0.1, 0.15) is 43.7 Å².